The molecule has 0 radical (unpaired) electrons. The Morgan fingerprint density at radius 2 is 1.64 bits per heavy atom. The molecule has 0 bridgehead atoms. The number of hydrogen-bond donors (Lipinski definition) is 2. The summed E-state index contributed by atoms with van der Waals surface area (Å²) in [4.78, 5) is 40.4. The van der Waals surface area contributed by atoms with Crippen LogP contribution < -0.4 is 15.0 Å². The number of ether oxygens (including phenoxy) is 1. The van der Waals surface area contributed by atoms with Crippen molar-refractivity contribution in [2.75, 3.05) is 10.2 Å². The molecule has 3 aromatic rings. The number of hydrogen-bond acceptors (Lipinski definition) is 5. The summed E-state index contributed by atoms with van der Waals surface area (Å²) in [5.41, 5.74) is 4.24. The maximum Gasteiger partial charge on any atom is 0.303 e. The summed E-state index contributed by atoms with van der Waals surface area (Å²) in [5.74, 6) is -0.750. The van der Waals surface area contributed by atoms with Crippen LogP contribution >= 0.6 is 0 Å². The zero-order valence-corrected chi connectivity index (χ0v) is 22.1. The summed E-state index contributed by atoms with van der Waals surface area (Å²) in [6.07, 6.45) is 0.529. The molecule has 1 aliphatic heterocycles. The van der Waals surface area contributed by atoms with E-state index in [2.05, 4.69) is 19.2 Å². The fourth-order valence-electron chi connectivity index (χ4n) is 5.40. The molecule has 39 heavy (non-hydrogen) atoms. The highest BCUT2D eigenvalue weighted by molar-refractivity contribution is 6.06. The number of aliphatic carboxylic acids is 1. The van der Waals surface area contributed by atoms with E-state index in [1.54, 1.807) is 4.90 Å². The average Bonchev–Trinajstić information content (AvgIpc) is 3.05. The Kier molecular flexibility index (Phi) is 7.24. The van der Waals surface area contributed by atoms with E-state index >= 15 is 0 Å². The summed E-state index contributed by atoms with van der Waals surface area (Å²) in [7, 11) is 0. The van der Waals surface area contributed by atoms with E-state index in [9.17, 15) is 19.5 Å². The molecule has 7 nitrogen and oxygen atoms in total. The second-order valence-electron chi connectivity index (χ2n) is 10.9. The number of para-hydroxylation sites is 2. The summed E-state index contributed by atoms with van der Waals surface area (Å²) >= 11 is 0. The van der Waals surface area contributed by atoms with E-state index in [0.717, 1.165) is 16.8 Å². The lowest BCUT2D eigenvalue weighted by atomic mass is 9.73. The van der Waals surface area contributed by atoms with E-state index in [-0.39, 0.29) is 29.9 Å². The molecule has 1 unspecified atom stereocenters. The van der Waals surface area contributed by atoms with Gasteiger partial charge in [-0.25, -0.2) is 0 Å². The molecule has 7 heteroatoms. The Morgan fingerprint density at radius 1 is 0.949 bits per heavy atom. The molecule has 0 fully saturated rings. The number of Topliss-reactive ketones (excluding diaryl/α,β-unsaturated/α-hetero) is 1. The average molecular weight is 525 g/mol. The second-order valence-corrected chi connectivity index (χ2v) is 10.9. The van der Waals surface area contributed by atoms with Crippen LogP contribution in [0.5, 0.6) is 5.75 Å². The number of anilines is 2. The molecular formula is C32H32N2O5. The molecule has 0 aromatic heterocycles. The van der Waals surface area contributed by atoms with Crippen molar-refractivity contribution in [3.8, 4) is 5.75 Å². The van der Waals surface area contributed by atoms with Crippen molar-refractivity contribution >= 4 is 29.0 Å². The Hall–Kier alpha value is -4.39. The van der Waals surface area contributed by atoms with E-state index in [1.807, 2.05) is 78.9 Å². The zero-order valence-electron chi connectivity index (χ0n) is 22.1. The maximum atomic E-state index is 13.7. The minimum atomic E-state index is -1.04. The Balaban J connectivity index is 1.58. The van der Waals surface area contributed by atoms with Gasteiger partial charge < -0.3 is 15.2 Å². The van der Waals surface area contributed by atoms with Gasteiger partial charge >= 0.3 is 5.97 Å². The number of carbonyl (C=O) groups excluding carboxylic acids is 2. The van der Waals surface area contributed by atoms with Gasteiger partial charge in [-0.1, -0.05) is 68.4 Å². The van der Waals surface area contributed by atoms with Gasteiger partial charge in [0.15, 0.2) is 5.78 Å². The molecule has 3 aromatic carbocycles. The maximum absolute atomic E-state index is 13.7. The van der Waals surface area contributed by atoms with Crippen molar-refractivity contribution in [1.82, 2.24) is 0 Å². The van der Waals surface area contributed by atoms with Crippen molar-refractivity contribution in [2.24, 2.45) is 5.41 Å². The van der Waals surface area contributed by atoms with E-state index < -0.39 is 12.0 Å². The third-order valence-electron chi connectivity index (χ3n) is 7.17. The van der Waals surface area contributed by atoms with Gasteiger partial charge in [0, 0.05) is 24.1 Å². The Bertz CT molecular complexity index is 1430. The van der Waals surface area contributed by atoms with Crippen LogP contribution in [0.4, 0.5) is 11.4 Å². The minimum absolute atomic E-state index is 0.0213. The van der Waals surface area contributed by atoms with Gasteiger partial charge in [-0.2, -0.15) is 0 Å². The lowest BCUT2D eigenvalue weighted by molar-refractivity contribution is -0.138. The summed E-state index contributed by atoms with van der Waals surface area (Å²) in [6.45, 7) is 4.55. The number of fused-ring (bicyclic) bond motifs is 1. The zero-order chi connectivity index (χ0) is 27.6. The Morgan fingerprint density at radius 3 is 2.36 bits per heavy atom. The predicted octanol–water partition coefficient (Wildman–Crippen LogP) is 6.27. The van der Waals surface area contributed by atoms with Crippen LogP contribution in [0.25, 0.3) is 0 Å². The highest BCUT2D eigenvalue weighted by Crippen LogP contribution is 2.48. The molecule has 2 aliphatic rings. The first-order chi connectivity index (χ1) is 18.7. The Labute approximate surface area is 228 Å². The van der Waals surface area contributed by atoms with Crippen LogP contribution in [-0.2, 0) is 21.0 Å². The van der Waals surface area contributed by atoms with Crippen LogP contribution in [0.1, 0.15) is 56.7 Å². The predicted molar refractivity (Wildman–Crippen MR) is 149 cm³/mol. The van der Waals surface area contributed by atoms with Gasteiger partial charge in [0.2, 0.25) is 5.91 Å². The summed E-state index contributed by atoms with van der Waals surface area (Å²) < 4.78 is 5.97. The lowest BCUT2D eigenvalue weighted by Crippen LogP contribution is -2.39. The van der Waals surface area contributed by atoms with Gasteiger partial charge in [0.1, 0.15) is 12.4 Å². The number of nitrogens with one attached hydrogen (secondary N) is 1. The molecule has 200 valence electrons. The molecule has 0 spiro atoms. The van der Waals surface area contributed by atoms with Crippen molar-refractivity contribution in [1.29, 1.82) is 0 Å². The highest BCUT2D eigenvalue weighted by atomic mass is 16.5. The van der Waals surface area contributed by atoms with Crippen molar-refractivity contribution in [3.63, 3.8) is 0 Å². The first kappa shape index (κ1) is 26.2. The van der Waals surface area contributed by atoms with Crippen LogP contribution in [0.3, 0.4) is 0 Å². The monoisotopic (exact) mass is 524 g/mol. The number of rotatable bonds is 7. The number of nitrogens with zero attached hydrogens (tertiary/aromatic N) is 1. The minimum Gasteiger partial charge on any atom is -0.489 e. The van der Waals surface area contributed by atoms with E-state index in [1.165, 1.54) is 0 Å². The first-order valence-corrected chi connectivity index (χ1v) is 13.1. The van der Waals surface area contributed by atoms with E-state index in [0.29, 0.717) is 42.1 Å². The van der Waals surface area contributed by atoms with Gasteiger partial charge in [-0.3, -0.25) is 19.3 Å². The quantitative estimate of drug-likeness (QED) is 0.378. The molecule has 1 atom stereocenters. The van der Waals surface area contributed by atoms with Crippen molar-refractivity contribution in [2.45, 2.75) is 52.2 Å². The molecule has 1 aliphatic carbocycles. The van der Waals surface area contributed by atoms with Crippen LogP contribution in [0, 0.1) is 5.41 Å². The third kappa shape index (κ3) is 5.72. The fourth-order valence-corrected chi connectivity index (χ4v) is 5.40. The van der Waals surface area contributed by atoms with Crippen molar-refractivity contribution < 1.29 is 24.2 Å². The van der Waals surface area contributed by atoms with Crippen LogP contribution in [0.15, 0.2) is 90.1 Å². The standard InChI is InChI=1S/C32H32N2O5/c1-32(2)18-25-30(27(35)19-32)31(22-12-14-23(15-13-22)39-20-21-8-4-3-5-9-21)34(28(36)16-17-29(37)38)26-11-7-6-10-24(26)33-25/h3-15,31,33H,16-20H2,1-2H3,(H,37,38). The lowest BCUT2D eigenvalue weighted by Gasteiger charge is -2.37. The first-order valence-electron chi connectivity index (χ1n) is 13.1. The number of amides is 1. The topological polar surface area (TPSA) is 95.9 Å². The van der Waals surface area contributed by atoms with Crippen molar-refractivity contribution in [3.05, 3.63) is 101 Å². The number of ketones is 1. The number of carbonyl (C=O) groups is 3. The van der Waals surface area contributed by atoms with Gasteiger partial charge in [-0.15, -0.1) is 0 Å². The smallest absolute Gasteiger partial charge is 0.303 e. The third-order valence-corrected chi connectivity index (χ3v) is 7.17. The molecule has 5 rings (SSSR count). The largest absolute Gasteiger partial charge is 0.489 e. The fraction of sp³-hybridized carbons (Fsp3) is 0.281. The number of allylic oxidation sites excluding steroid dienone is 1. The van der Waals surface area contributed by atoms with Gasteiger partial charge in [0.25, 0.3) is 0 Å². The number of carboxylic acids is 1. The van der Waals surface area contributed by atoms with Gasteiger partial charge in [0.05, 0.1) is 23.8 Å². The molecule has 0 saturated carbocycles. The molecule has 1 heterocycles. The SMILES string of the molecule is CC1(C)CC(=O)C2=C(C1)Nc1ccccc1N(C(=O)CCC(=O)O)C2c1ccc(OCc2ccccc2)cc1. The highest BCUT2D eigenvalue weighted by Gasteiger charge is 2.43. The molecule has 1 amide bonds. The molecule has 0 saturated heterocycles. The van der Waals surface area contributed by atoms with E-state index in [4.69, 9.17) is 4.74 Å². The summed E-state index contributed by atoms with van der Waals surface area (Å²) in [5, 5.41) is 12.8. The molecular weight excluding hydrogens is 492 g/mol. The number of benzene rings is 3. The number of carboxylic acid groups (broad SMARTS) is 1. The molecule has 2 N–H and O–H groups in total. The summed E-state index contributed by atoms with van der Waals surface area (Å²) in [6, 6.07) is 24.1. The van der Waals surface area contributed by atoms with Gasteiger partial charge in [-0.05, 0) is 47.2 Å². The normalized spacial score (nSPS) is 17.9. The van der Waals surface area contributed by atoms with Crippen LogP contribution in [-0.4, -0.2) is 22.8 Å². The van der Waals surface area contributed by atoms with Crippen LogP contribution in [0.2, 0.25) is 0 Å². The second kappa shape index (κ2) is 10.8.